The third-order valence-corrected chi connectivity index (χ3v) is 3.02. The molecule has 0 atom stereocenters. The zero-order valence-corrected chi connectivity index (χ0v) is 12.0. The van der Waals surface area contributed by atoms with E-state index in [1.54, 1.807) is 14.2 Å². The lowest BCUT2D eigenvalue weighted by atomic mass is 10.1. The number of aliphatic imine (C=N–C) groups is 1. The lowest BCUT2D eigenvalue weighted by Crippen LogP contribution is -2.35. The van der Waals surface area contributed by atoms with E-state index in [-0.39, 0.29) is 0 Å². The molecule has 0 bridgehead atoms. The third-order valence-electron chi connectivity index (χ3n) is 2.40. The van der Waals surface area contributed by atoms with E-state index < -0.39 is 0 Å². The maximum atomic E-state index is 5.37. The summed E-state index contributed by atoms with van der Waals surface area (Å²) in [6.45, 7) is 0.806. The molecule has 0 aromatic heterocycles. The number of rotatable bonds is 4. The van der Waals surface area contributed by atoms with Gasteiger partial charge in [-0.15, -0.1) is 0 Å². The van der Waals surface area contributed by atoms with Gasteiger partial charge >= 0.3 is 0 Å². The van der Waals surface area contributed by atoms with Gasteiger partial charge in [-0.25, -0.2) is 0 Å². The molecule has 2 N–H and O–H groups in total. The lowest BCUT2D eigenvalue weighted by molar-refractivity contribution is 0.407. The average Bonchev–Trinajstić information content (AvgIpc) is 2.35. The van der Waals surface area contributed by atoms with Crippen molar-refractivity contribution < 1.29 is 4.74 Å². The van der Waals surface area contributed by atoms with Crippen molar-refractivity contribution in [1.29, 1.82) is 0 Å². The van der Waals surface area contributed by atoms with E-state index in [4.69, 9.17) is 4.74 Å². The number of guanidine groups is 1. The summed E-state index contributed by atoms with van der Waals surface area (Å²) in [5.74, 6) is 1.69. The molecule has 17 heavy (non-hydrogen) atoms. The first-order valence-electron chi connectivity index (χ1n) is 5.42. The van der Waals surface area contributed by atoms with Gasteiger partial charge in [0.05, 0.1) is 11.6 Å². The molecule has 1 aromatic carbocycles. The van der Waals surface area contributed by atoms with Gasteiger partial charge in [-0.2, -0.15) is 0 Å². The second kappa shape index (κ2) is 7.17. The number of halogens is 1. The van der Waals surface area contributed by atoms with Gasteiger partial charge in [0.15, 0.2) is 5.96 Å². The highest BCUT2D eigenvalue weighted by atomic mass is 79.9. The second-order valence-electron chi connectivity index (χ2n) is 3.43. The van der Waals surface area contributed by atoms with Crippen LogP contribution in [-0.2, 0) is 6.42 Å². The van der Waals surface area contributed by atoms with Crippen LogP contribution in [0.2, 0.25) is 0 Å². The number of nitrogens with one attached hydrogen (secondary N) is 2. The Morgan fingerprint density at radius 1 is 1.47 bits per heavy atom. The molecule has 4 nitrogen and oxygen atoms in total. The molecule has 0 fully saturated rings. The molecule has 1 aromatic rings. The SMILES string of the molecule is CN=C(NC)NCCc1cccc(Br)c1OC. The summed E-state index contributed by atoms with van der Waals surface area (Å²) >= 11 is 3.47. The Bertz CT molecular complexity index is 393. The molecular formula is C12H18BrN3O. The fraction of sp³-hybridized carbons (Fsp3) is 0.417. The fourth-order valence-corrected chi connectivity index (χ4v) is 2.14. The van der Waals surface area contributed by atoms with Crippen LogP contribution in [-0.4, -0.2) is 33.7 Å². The molecule has 0 aliphatic rings. The first-order valence-corrected chi connectivity index (χ1v) is 6.22. The summed E-state index contributed by atoms with van der Waals surface area (Å²) in [7, 11) is 5.27. The van der Waals surface area contributed by atoms with Crippen LogP contribution in [0, 0.1) is 0 Å². The van der Waals surface area contributed by atoms with E-state index in [0.717, 1.165) is 29.1 Å². The highest BCUT2D eigenvalue weighted by Gasteiger charge is 2.06. The van der Waals surface area contributed by atoms with Gasteiger partial charge in [-0.3, -0.25) is 4.99 Å². The van der Waals surface area contributed by atoms with E-state index in [2.05, 4.69) is 37.6 Å². The van der Waals surface area contributed by atoms with Crippen LogP contribution in [0.15, 0.2) is 27.7 Å². The van der Waals surface area contributed by atoms with Crippen LogP contribution in [0.3, 0.4) is 0 Å². The molecule has 0 saturated carbocycles. The summed E-state index contributed by atoms with van der Waals surface area (Å²) in [6.07, 6.45) is 0.878. The normalized spacial score (nSPS) is 11.2. The minimum atomic E-state index is 0.791. The molecular weight excluding hydrogens is 282 g/mol. The predicted molar refractivity (Wildman–Crippen MR) is 74.8 cm³/mol. The van der Waals surface area contributed by atoms with Crippen LogP contribution in [0.4, 0.5) is 0 Å². The van der Waals surface area contributed by atoms with Crippen molar-refractivity contribution in [2.24, 2.45) is 4.99 Å². The Labute approximate surface area is 111 Å². The number of benzene rings is 1. The van der Waals surface area contributed by atoms with Crippen molar-refractivity contribution in [3.63, 3.8) is 0 Å². The monoisotopic (exact) mass is 299 g/mol. The van der Waals surface area contributed by atoms with Gasteiger partial charge in [0, 0.05) is 20.6 Å². The van der Waals surface area contributed by atoms with Crippen molar-refractivity contribution in [3.8, 4) is 5.75 Å². The Kier molecular flexibility index (Phi) is 5.83. The number of methoxy groups -OCH3 is 1. The van der Waals surface area contributed by atoms with E-state index in [1.807, 2.05) is 19.2 Å². The Morgan fingerprint density at radius 2 is 2.24 bits per heavy atom. The maximum Gasteiger partial charge on any atom is 0.190 e. The molecule has 94 valence electrons. The van der Waals surface area contributed by atoms with Gasteiger partial charge in [0.2, 0.25) is 0 Å². The standard InChI is InChI=1S/C12H18BrN3O/c1-14-12(15-2)16-8-7-9-5-4-6-10(13)11(9)17-3/h4-6H,7-8H2,1-3H3,(H2,14,15,16). The van der Waals surface area contributed by atoms with Gasteiger partial charge in [-0.05, 0) is 34.0 Å². The lowest BCUT2D eigenvalue weighted by Gasteiger charge is -2.12. The summed E-state index contributed by atoms with van der Waals surface area (Å²) in [5, 5.41) is 6.18. The molecule has 0 aliphatic carbocycles. The van der Waals surface area contributed by atoms with Crippen LogP contribution in [0.5, 0.6) is 5.75 Å². The Hall–Kier alpha value is -1.23. The predicted octanol–water partition coefficient (Wildman–Crippen LogP) is 1.79. The molecule has 0 spiro atoms. The van der Waals surface area contributed by atoms with Crippen LogP contribution < -0.4 is 15.4 Å². The Morgan fingerprint density at radius 3 is 2.82 bits per heavy atom. The largest absolute Gasteiger partial charge is 0.495 e. The smallest absolute Gasteiger partial charge is 0.190 e. The summed E-state index contributed by atoms with van der Waals surface area (Å²) in [5.41, 5.74) is 1.17. The molecule has 0 unspecified atom stereocenters. The molecule has 0 radical (unpaired) electrons. The van der Waals surface area contributed by atoms with Crippen LogP contribution in [0.25, 0.3) is 0 Å². The fourth-order valence-electron chi connectivity index (χ4n) is 1.57. The molecule has 5 heteroatoms. The third kappa shape index (κ3) is 3.93. The highest BCUT2D eigenvalue weighted by Crippen LogP contribution is 2.28. The first-order chi connectivity index (χ1) is 8.22. The molecule has 0 amide bonds. The number of para-hydroxylation sites is 1. The molecule has 1 rings (SSSR count). The zero-order chi connectivity index (χ0) is 12.7. The van der Waals surface area contributed by atoms with Gasteiger partial charge in [0.25, 0.3) is 0 Å². The summed E-state index contributed by atoms with van der Waals surface area (Å²) < 4.78 is 6.35. The minimum Gasteiger partial charge on any atom is -0.495 e. The van der Waals surface area contributed by atoms with E-state index in [0.29, 0.717) is 0 Å². The van der Waals surface area contributed by atoms with Crippen LogP contribution in [0.1, 0.15) is 5.56 Å². The van der Waals surface area contributed by atoms with Gasteiger partial charge < -0.3 is 15.4 Å². The molecule has 0 aliphatic heterocycles. The number of nitrogens with zero attached hydrogens (tertiary/aromatic N) is 1. The van der Waals surface area contributed by atoms with Crippen molar-refractivity contribution in [1.82, 2.24) is 10.6 Å². The Balaban J connectivity index is 2.60. The quantitative estimate of drug-likeness (QED) is 0.658. The van der Waals surface area contributed by atoms with Crippen molar-refractivity contribution >= 4 is 21.9 Å². The number of ether oxygens (including phenoxy) is 1. The minimum absolute atomic E-state index is 0.791. The second-order valence-corrected chi connectivity index (χ2v) is 4.29. The van der Waals surface area contributed by atoms with Gasteiger partial charge in [-0.1, -0.05) is 12.1 Å². The van der Waals surface area contributed by atoms with E-state index >= 15 is 0 Å². The first kappa shape index (κ1) is 13.8. The topological polar surface area (TPSA) is 45.7 Å². The zero-order valence-electron chi connectivity index (χ0n) is 10.4. The van der Waals surface area contributed by atoms with Crippen molar-refractivity contribution in [2.45, 2.75) is 6.42 Å². The maximum absolute atomic E-state index is 5.37. The number of hydrogen-bond donors (Lipinski definition) is 2. The van der Waals surface area contributed by atoms with Crippen LogP contribution >= 0.6 is 15.9 Å². The molecule has 0 saturated heterocycles. The van der Waals surface area contributed by atoms with E-state index in [9.17, 15) is 0 Å². The van der Waals surface area contributed by atoms with E-state index in [1.165, 1.54) is 5.56 Å². The van der Waals surface area contributed by atoms with Gasteiger partial charge in [0.1, 0.15) is 5.75 Å². The summed E-state index contributed by atoms with van der Waals surface area (Å²) in [4.78, 5) is 4.05. The number of hydrogen-bond acceptors (Lipinski definition) is 2. The molecule has 0 heterocycles. The van der Waals surface area contributed by atoms with Crippen molar-refractivity contribution in [3.05, 3.63) is 28.2 Å². The highest BCUT2D eigenvalue weighted by molar-refractivity contribution is 9.10. The average molecular weight is 300 g/mol. The summed E-state index contributed by atoms with van der Waals surface area (Å²) in [6, 6.07) is 6.05. The van der Waals surface area contributed by atoms with Crippen molar-refractivity contribution in [2.75, 3.05) is 27.7 Å².